The SMILES string of the molecule is OCC(Cc1cccc(F)c1)Cc1cccc(Cl)c1Cl. The van der Waals surface area contributed by atoms with Gasteiger partial charge in [0, 0.05) is 6.61 Å². The maximum Gasteiger partial charge on any atom is 0.123 e. The molecule has 0 aliphatic carbocycles. The highest BCUT2D eigenvalue weighted by atomic mass is 35.5. The highest BCUT2D eigenvalue weighted by Gasteiger charge is 2.13. The van der Waals surface area contributed by atoms with E-state index in [-0.39, 0.29) is 18.3 Å². The van der Waals surface area contributed by atoms with Gasteiger partial charge in [0.15, 0.2) is 0 Å². The number of halogens is 3. The third-order valence-electron chi connectivity index (χ3n) is 3.21. The first-order valence-electron chi connectivity index (χ1n) is 6.38. The fourth-order valence-electron chi connectivity index (χ4n) is 2.22. The lowest BCUT2D eigenvalue weighted by Crippen LogP contribution is -2.13. The maximum atomic E-state index is 13.2. The van der Waals surface area contributed by atoms with Crippen LogP contribution in [0.5, 0.6) is 0 Å². The Bertz CT molecular complexity index is 586. The molecule has 1 atom stereocenters. The van der Waals surface area contributed by atoms with Crippen LogP contribution in [-0.2, 0) is 12.8 Å². The fourth-order valence-corrected chi connectivity index (χ4v) is 2.61. The normalized spacial score (nSPS) is 12.4. The molecule has 0 spiro atoms. The maximum absolute atomic E-state index is 13.2. The number of aliphatic hydroxyl groups excluding tert-OH is 1. The van der Waals surface area contributed by atoms with Crippen molar-refractivity contribution in [2.75, 3.05) is 6.61 Å². The summed E-state index contributed by atoms with van der Waals surface area (Å²) in [6.07, 6.45) is 1.20. The van der Waals surface area contributed by atoms with Crippen molar-refractivity contribution in [1.29, 1.82) is 0 Å². The van der Waals surface area contributed by atoms with E-state index in [0.717, 1.165) is 11.1 Å². The van der Waals surface area contributed by atoms with Crippen LogP contribution in [0.3, 0.4) is 0 Å². The molecule has 0 fully saturated rings. The number of aliphatic hydroxyl groups is 1. The molecule has 0 radical (unpaired) electrons. The van der Waals surface area contributed by atoms with Gasteiger partial charge in [0.25, 0.3) is 0 Å². The summed E-state index contributed by atoms with van der Waals surface area (Å²) in [6, 6.07) is 11.9. The third-order valence-corrected chi connectivity index (χ3v) is 4.07. The zero-order valence-corrected chi connectivity index (χ0v) is 12.3. The Kier molecular flexibility index (Phi) is 5.41. The van der Waals surface area contributed by atoms with Crippen LogP contribution in [0.4, 0.5) is 4.39 Å². The van der Waals surface area contributed by atoms with E-state index in [2.05, 4.69) is 0 Å². The zero-order chi connectivity index (χ0) is 14.5. The summed E-state index contributed by atoms with van der Waals surface area (Å²) in [4.78, 5) is 0. The molecule has 0 aliphatic rings. The second-order valence-electron chi connectivity index (χ2n) is 4.80. The average Bonchev–Trinajstić information content (AvgIpc) is 2.43. The molecule has 1 unspecified atom stereocenters. The van der Waals surface area contributed by atoms with E-state index in [9.17, 15) is 9.50 Å². The van der Waals surface area contributed by atoms with Crippen molar-refractivity contribution >= 4 is 23.2 Å². The molecule has 0 aliphatic heterocycles. The van der Waals surface area contributed by atoms with Crippen LogP contribution in [0, 0.1) is 11.7 Å². The predicted octanol–water partition coefficient (Wildman–Crippen LogP) is 4.53. The molecule has 2 aromatic rings. The van der Waals surface area contributed by atoms with Gasteiger partial charge >= 0.3 is 0 Å². The highest BCUT2D eigenvalue weighted by molar-refractivity contribution is 6.42. The van der Waals surface area contributed by atoms with E-state index in [0.29, 0.717) is 22.9 Å². The lowest BCUT2D eigenvalue weighted by Gasteiger charge is -2.15. The second kappa shape index (κ2) is 7.07. The van der Waals surface area contributed by atoms with Crippen LogP contribution in [-0.4, -0.2) is 11.7 Å². The molecular formula is C16H15Cl2FO. The summed E-state index contributed by atoms with van der Waals surface area (Å²) >= 11 is 12.1. The van der Waals surface area contributed by atoms with E-state index in [1.807, 2.05) is 18.2 Å². The summed E-state index contributed by atoms with van der Waals surface area (Å²) in [7, 11) is 0. The van der Waals surface area contributed by atoms with Crippen molar-refractivity contribution < 1.29 is 9.50 Å². The topological polar surface area (TPSA) is 20.2 Å². The lowest BCUT2D eigenvalue weighted by atomic mass is 9.93. The second-order valence-corrected chi connectivity index (χ2v) is 5.58. The number of benzene rings is 2. The Labute approximate surface area is 128 Å². The molecule has 1 N–H and O–H groups in total. The third kappa shape index (κ3) is 3.95. The first kappa shape index (κ1) is 15.3. The number of hydrogen-bond donors (Lipinski definition) is 1. The van der Waals surface area contributed by atoms with Gasteiger partial charge in [-0.25, -0.2) is 4.39 Å². The van der Waals surface area contributed by atoms with Gasteiger partial charge in [0.2, 0.25) is 0 Å². The summed E-state index contributed by atoms with van der Waals surface area (Å²) in [5.74, 6) is -0.284. The van der Waals surface area contributed by atoms with Gasteiger partial charge in [-0.05, 0) is 48.1 Å². The van der Waals surface area contributed by atoms with Crippen LogP contribution in [0.1, 0.15) is 11.1 Å². The minimum Gasteiger partial charge on any atom is -0.396 e. The van der Waals surface area contributed by atoms with Gasteiger partial charge in [-0.15, -0.1) is 0 Å². The first-order valence-corrected chi connectivity index (χ1v) is 7.14. The highest BCUT2D eigenvalue weighted by Crippen LogP contribution is 2.28. The first-order chi connectivity index (χ1) is 9.60. The molecule has 0 aromatic heterocycles. The van der Waals surface area contributed by atoms with Crippen molar-refractivity contribution in [1.82, 2.24) is 0 Å². The average molecular weight is 313 g/mol. The van der Waals surface area contributed by atoms with Crippen LogP contribution >= 0.6 is 23.2 Å². The Hall–Kier alpha value is -1.09. The summed E-state index contributed by atoms with van der Waals surface area (Å²) in [5, 5.41) is 10.5. The van der Waals surface area contributed by atoms with Gasteiger partial charge < -0.3 is 5.11 Å². The van der Waals surface area contributed by atoms with Crippen molar-refractivity contribution in [3.63, 3.8) is 0 Å². The van der Waals surface area contributed by atoms with Gasteiger partial charge in [-0.2, -0.15) is 0 Å². The largest absolute Gasteiger partial charge is 0.396 e. The van der Waals surface area contributed by atoms with E-state index >= 15 is 0 Å². The standard InChI is InChI=1S/C16H15Cl2FO/c17-15-6-2-4-13(16(15)18)8-12(10-20)7-11-3-1-5-14(19)9-11/h1-6,9,12,20H,7-8,10H2. The van der Waals surface area contributed by atoms with Crippen LogP contribution < -0.4 is 0 Å². The number of rotatable bonds is 5. The van der Waals surface area contributed by atoms with Gasteiger partial charge in [-0.3, -0.25) is 0 Å². The monoisotopic (exact) mass is 312 g/mol. The molecule has 20 heavy (non-hydrogen) atoms. The molecule has 106 valence electrons. The molecule has 2 rings (SSSR count). The van der Waals surface area contributed by atoms with Crippen molar-refractivity contribution in [2.24, 2.45) is 5.92 Å². The van der Waals surface area contributed by atoms with Gasteiger partial charge in [0.1, 0.15) is 5.82 Å². The smallest absolute Gasteiger partial charge is 0.123 e. The summed E-state index contributed by atoms with van der Waals surface area (Å²) < 4.78 is 13.2. The molecule has 0 saturated heterocycles. The quantitative estimate of drug-likeness (QED) is 0.860. The molecule has 2 aromatic carbocycles. The molecule has 0 amide bonds. The Morgan fingerprint density at radius 1 is 1.05 bits per heavy atom. The molecule has 0 heterocycles. The Morgan fingerprint density at radius 3 is 2.50 bits per heavy atom. The van der Waals surface area contributed by atoms with Crippen LogP contribution in [0.2, 0.25) is 10.0 Å². The van der Waals surface area contributed by atoms with Gasteiger partial charge in [-0.1, -0.05) is 47.5 Å². The fraction of sp³-hybridized carbons (Fsp3) is 0.250. The molecule has 0 saturated carbocycles. The summed E-state index contributed by atoms with van der Waals surface area (Å²) in [6.45, 7) is 0.0132. The van der Waals surface area contributed by atoms with Gasteiger partial charge in [0.05, 0.1) is 10.0 Å². The predicted molar refractivity (Wildman–Crippen MR) is 80.8 cm³/mol. The van der Waals surface area contributed by atoms with E-state index < -0.39 is 0 Å². The molecule has 4 heteroatoms. The minimum atomic E-state index is -0.264. The van der Waals surface area contributed by atoms with E-state index in [1.165, 1.54) is 12.1 Å². The van der Waals surface area contributed by atoms with E-state index in [1.54, 1.807) is 12.1 Å². The zero-order valence-electron chi connectivity index (χ0n) is 10.8. The van der Waals surface area contributed by atoms with Crippen LogP contribution in [0.15, 0.2) is 42.5 Å². The van der Waals surface area contributed by atoms with Crippen molar-refractivity contribution in [3.05, 3.63) is 69.5 Å². The van der Waals surface area contributed by atoms with Crippen molar-refractivity contribution in [2.45, 2.75) is 12.8 Å². The molecular weight excluding hydrogens is 298 g/mol. The van der Waals surface area contributed by atoms with Crippen LogP contribution in [0.25, 0.3) is 0 Å². The minimum absolute atomic E-state index is 0.0132. The molecule has 0 bridgehead atoms. The van der Waals surface area contributed by atoms with E-state index in [4.69, 9.17) is 23.2 Å². The molecule has 1 nitrogen and oxygen atoms in total. The number of hydrogen-bond acceptors (Lipinski definition) is 1. The summed E-state index contributed by atoms with van der Waals surface area (Å²) in [5.41, 5.74) is 1.76. The Morgan fingerprint density at radius 2 is 1.80 bits per heavy atom. The lowest BCUT2D eigenvalue weighted by molar-refractivity contribution is 0.225. The van der Waals surface area contributed by atoms with Crippen molar-refractivity contribution in [3.8, 4) is 0 Å². The Balaban J connectivity index is 2.11.